The Balaban J connectivity index is 0. The number of carbonyl (C=O) groups is 1. The maximum absolute atomic E-state index is 9.59. The zero-order chi connectivity index (χ0) is 5.15. The Morgan fingerprint density at radius 1 is 1.57 bits per heavy atom. The van der Waals surface area contributed by atoms with Crippen molar-refractivity contribution in [3.05, 3.63) is 0 Å². The molecule has 3 heteroatoms. The van der Waals surface area contributed by atoms with Crippen LogP contribution in [-0.4, -0.2) is 5.97 Å². The molecule has 0 spiro atoms. The molecule has 0 saturated carbocycles. The van der Waals surface area contributed by atoms with Gasteiger partial charge >= 0.3 is 29.6 Å². The quantitative estimate of drug-likeness (QED) is 0.327. The van der Waals surface area contributed by atoms with Gasteiger partial charge in [-0.2, -0.15) is 0 Å². The van der Waals surface area contributed by atoms with Crippen molar-refractivity contribution in [3.63, 3.8) is 0 Å². The van der Waals surface area contributed by atoms with Crippen LogP contribution in [0.25, 0.3) is 0 Å². The van der Waals surface area contributed by atoms with Gasteiger partial charge in [-0.15, -0.1) is 0 Å². The Morgan fingerprint density at radius 2 is 1.71 bits per heavy atom. The summed E-state index contributed by atoms with van der Waals surface area (Å²) in [6.07, 6.45) is 0. The molecule has 0 aliphatic heterocycles. The number of carboxylic acids is 1. The predicted molar refractivity (Wildman–Crippen MR) is 19.8 cm³/mol. The first-order valence-corrected chi connectivity index (χ1v) is 1.85. The first-order chi connectivity index (χ1) is 2.64. The van der Waals surface area contributed by atoms with E-state index >= 15 is 0 Å². The van der Waals surface area contributed by atoms with Gasteiger partial charge in [0, 0.05) is 5.97 Å². The zero-order valence-corrected chi connectivity index (χ0v) is 6.89. The van der Waals surface area contributed by atoms with E-state index in [0.29, 0.717) is 0 Å². The number of aliphatic carboxylic acids is 1. The standard InChI is InChI=1S/C4H8O2.Na/c1-3(2)4(5)6;/h3H,1-2H3,(H,5,6);/q;+1/p-1. The van der Waals surface area contributed by atoms with Crippen LogP contribution in [0.15, 0.2) is 0 Å². The fraction of sp³-hybridized carbons (Fsp3) is 0.750. The summed E-state index contributed by atoms with van der Waals surface area (Å²) in [4.78, 5) is 9.59. The van der Waals surface area contributed by atoms with E-state index in [4.69, 9.17) is 0 Å². The molecule has 0 rings (SSSR count). The van der Waals surface area contributed by atoms with Gasteiger partial charge in [0.1, 0.15) is 0 Å². The number of rotatable bonds is 1. The summed E-state index contributed by atoms with van der Waals surface area (Å²) >= 11 is 0. The van der Waals surface area contributed by atoms with Crippen molar-refractivity contribution in [2.24, 2.45) is 5.92 Å². The molecule has 0 heterocycles. The van der Waals surface area contributed by atoms with Crippen molar-refractivity contribution in [3.8, 4) is 0 Å². The molecular formula is C4H7NaO2. The van der Waals surface area contributed by atoms with Crippen molar-refractivity contribution in [1.29, 1.82) is 0 Å². The predicted octanol–water partition coefficient (Wildman–Crippen LogP) is -3.60. The molecule has 0 bridgehead atoms. The van der Waals surface area contributed by atoms with E-state index < -0.39 is 5.97 Å². The average molecular weight is 110 g/mol. The Labute approximate surface area is 65.2 Å². The Bertz CT molecular complexity index is 60.7. The van der Waals surface area contributed by atoms with Crippen LogP contribution in [-0.2, 0) is 4.79 Å². The van der Waals surface area contributed by atoms with Crippen LogP contribution in [0.4, 0.5) is 0 Å². The molecule has 0 aromatic carbocycles. The Morgan fingerprint density at radius 3 is 1.71 bits per heavy atom. The SMILES string of the molecule is CC(C)C(=O)[O-].[Na+]. The first kappa shape index (κ1) is 10.5. The summed E-state index contributed by atoms with van der Waals surface area (Å²) in [6, 6.07) is 0. The van der Waals surface area contributed by atoms with E-state index in [-0.39, 0.29) is 35.5 Å². The molecule has 0 unspecified atom stereocenters. The van der Waals surface area contributed by atoms with Crippen molar-refractivity contribution in [2.45, 2.75) is 13.8 Å². The van der Waals surface area contributed by atoms with Crippen LogP contribution >= 0.6 is 0 Å². The summed E-state index contributed by atoms with van der Waals surface area (Å²) in [5.41, 5.74) is 0. The summed E-state index contributed by atoms with van der Waals surface area (Å²) in [5, 5.41) is 9.59. The van der Waals surface area contributed by atoms with Crippen LogP contribution in [0.2, 0.25) is 0 Å². The number of hydrogen-bond acceptors (Lipinski definition) is 2. The molecule has 0 atom stereocenters. The molecule has 0 amide bonds. The molecule has 0 fully saturated rings. The van der Waals surface area contributed by atoms with Crippen LogP contribution in [0.1, 0.15) is 13.8 Å². The van der Waals surface area contributed by atoms with Crippen molar-refractivity contribution < 1.29 is 39.5 Å². The molecule has 0 radical (unpaired) electrons. The fourth-order valence-electron chi connectivity index (χ4n) is 0. The van der Waals surface area contributed by atoms with E-state index in [1.165, 1.54) is 0 Å². The van der Waals surface area contributed by atoms with E-state index in [9.17, 15) is 9.90 Å². The largest absolute Gasteiger partial charge is 1.00 e. The van der Waals surface area contributed by atoms with Gasteiger partial charge in [0.15, 0.2) is 0 Å². The normalized spacial score (nSPS) is 7.86. The summed E-state index contributed by atoms with van der Waals surface area (Å²) in [7, 11) is 0. The summed E-state index contributed by atoms with van der Waals surface area (Å²) in [6.45, 7) is 3.16. The third-order valence-corrected chi connectivity index (χ3v) is 0.471. The second kappa shape index (κ2) is 4.62. The second-order valence-electron chi connectivity index (χ2n) is 1.47. The van der Waals surface area contributed by atoms with Crippen LogP contribution < -0.4 is 34.7 Å². The van der Waals surface area contributed by atoms with E-state index in [2.05, 4.69) is 0 Å². The first-order valence-electron chi connectivity index (χ1n) is 1.85. The number of hydrogen-bond donors (Lipinski definition) is 0. The molecule has 0 aromatic rings. The second-order valence-corrected chi connectivity index (χ2v) is 1.47. The van der Waals surface area contributed by atoms with Crippen LogP contribution in [0, 0.1) is 5.92 Å². The molecule has 0 N–H and O–H groups in total. The molecule has 0 saturated heterocycles. The summed E-state index contributed by atoms with van der Waals surface area (Å²) in [5.74, 6) is -1.33. The van der Waals surface area contributed by atoms with Gasteiger partial charge in [-0.1, -0.05) is 13.8 Å². The molecule has 0 aliphatic carbocycles. The number of carbonyl (C=O) groups excluding carboxylic acids is 1. The van der Waals surface area contributed by atoms with Gasteiger partial charge in [0.25, 0.3) is 0 Å². The molecular weight excluding hydrogens is 103 g/mol. The van der Waals surface area contributed by atoms with E-state index in [1.54, 1.807) is 13.8 Å². The topological polar surface area (TPSA) is 40.1 Å². The van der Waals surface area contributed by atoms with Gasteiger partial charge < -0.3 is 9.90 Å². The van der Waals surface area contributed by atoms with Gasteiger partial charge in [-0.05, 0) is 5.92 Å². The Kier molecular flexibility index (Phi) is 6.90. The molecule has 2 nitrogen and oxygen atoms in total. The minimum Gasteiger partial charge on any atom is -0.550 e. The molecule has 7 heavy (non-hydrogen) atoms. The third kappa shape index (κ3) is 6.47. The third-order valence-electron chi connectivity index (χ3n) is 0.471. The molecule has 0 aromatic heterocycles. The molecule has 0 aliphatic rings. The van der Waals surface area contributed by atoms with Gasteiger partial charge in [-0.25, -0.2) is 0 Å². The number of carboxylic acid groups (broad SMARTS) is 1. The monoisotopic (exact) mass is 110 g/mol. The molecule has 36 valence electrons. The smallest absolute Gasteiger partial charge is 0.550 e. The van der Waals surface area contributed by atoms with Crippen LogP contribution in [0.3, 0.4) is 0 Å². The van der Waals surface area contributed by atoms with Crippen LogP contribution in [0.5, 0.6) is 0 Å². The van der Waals surface area contributed by atoms with E-state index in [1.807, 2.05) is 0 Å². The van der Waals surface area contributed by atoms with Crippen molar-refractivity contribution in [2.75, 3.05) is 0 Å². The van der Waals surface area contributed by atoms with Crippen molar-refractivity contribution >= 4 is 5.97 Å². The average Bonchev–Trinajstić information content (AvgIpc) is 1.36. The van der Waals surface area contributed by atoms with Gasteiger partial charge in [-0.3, -0.25) is 0 Å². The zero-order valence-electron chi connectivity index (χ0n) is 4.89. The fourth-order valence-corrected chi connectivity index (χ4v) is 0. The summed E-state index contributed by atoms with van der Waals surface area (Å²) < 4.78 is 0. The van der Waals surface area contributed by atoms with E-state index in [0.717, 1.165) is 0 Å². The Hall–Kier alpha value is 0.470. The maximum Gasteiger partial charge on any atom is 1.00 e. The van der Waals surface area contributed by atoms with Gasteiger partial charge in [0.2, 0.25) is 0 Å². The minimum absolute atomic E-state index is 0. The van der Waals surface area contributed by atoms with Gasteiger partial charge in [0.05, 0.1) is 0 Å². The minimum atomic E-state index is -0.991. The maximum atomic E-state index is 9.59. The van der Waals surface area contributed by atoms with Crippen molar-refractivity contribution in [1.82, 2.24) is 0 Å².